The Morgan fingerprint density at radius 1 is 1.39 bits per heavy atom. The molecule has 0 aromatic carbocycles. The number of oxazole rings is 1. The first-order valence-corrected chi connectivity index (χ1v) is 6.48. The summed E-state index contributed by atoms with van der Waals surface area (Å²) in [6, 6.07) is 4.06. The second-order valence-corrected chi connectivity index (χ2v) is 4.93. The number of H-pyrrole nitrogens is 1. The van der Waals surface area contributed by atoms with E-state index in [4.69, 9.17) is 4.42 Å². The van der Waals surface area contributed by atoms with E-state index in [0.29, 0.717) is 18.2 Å². The van der Waals surface area contributed by atoms with Gasteiger partial charge in [0.2, 0.25) is 0 Å². The van der Waals surface area contributed by atoms with E-state index in [2.05, 4.69) is 19.7 Å². The van der Waals surface area contributed by atoms with Gasteiger partial charge in [0.05, 0.1) is 5.69 Å². The quantitative estimate of drug-likeness (QED) is 0.798. The fourth-order valence-electron chi connectivity index (χ4n) is 1.87. The van der Waals surface area contributed by atoms with Crippen LogP contribution in [0, 0.1) is 5.82 Å². The third-order valence-corrected chi connectivity index (χ3v) is 2.85. The highest BCUT2D eigenvalue weighted by Gasteiger charge is 2.23. The highest BCUT2D eigenvalue weighted by atomic mass is 19.3. The van der Waals surface area contributed by atoms with E-state index in [0.717, 1.165) is 6.07 Å². The first-order valence-electron chi connectivity index (χ1n) is 6.48. The molecule has 0 saturated carbocycles. The molecule has 0 aliphatic carbocycles. The molecular weight excluding hydrogens is 315 g/mol. The summed E-state index contributed by atoms with van der Waals surface area (Å²) in [7, 11) is 0. The average Bonchev–Trinajstić information content (AvgIpc) is 2.84. The summed E-state index contributed by atoms with van der Waals surface area (Å²) < 4.78 is 48.8. The lowest BCUT2D eigenvalue weighted by molar-refractivity contribution is -0.0252. The molecule has 0 aliphatic heterocycles. The molecule has 23 heavy (non-hydrogen) atoms. The van der Waals surface area contributed by atoms with E-state index < -0.39 is 30.0 Å². The Hall–Kier alpha value is -2.84. The number of aromatic nitrogens is 3. The van der Waals surface area contributed by atoms with Crippen molar-refractivity contribution in [2.45, 2.75) is 12.8 Å². The van der Waals surface area contributed by atoms with Crippen molar-refractivity contribution in [1.29, 1.82) is 0 Å². The van der Waals surface area contributed by atoms with Gasteiger partial charge < -0.3 is 9.15 Å². The van der Waals surface area contributed by atoms with Crippen LogP contribution in [-0.4, -0.2) is 27.5 Å². The third kappa shape index (κ3) is 3.33. The van der Waals surface area contributed by atoms with E-state index >= 15 is 0 Å². The first-order chi connectivity index (χ1) is 10.8. The fraction of sp³-hybridized carbons (Fsp3) is 0.214. The lowest BCUT2D eigenvalue weighted by Gasteiger charge is -2.12. The second-order valence-electron chi connectivity index (χ2n) is 4.93. The highest BCUT2D eigenvalue weighted by Crippen LogP contribution is 2.24. The van der Waals surface area contributed by atoms with Crippen LogP contribution in [0.3, 0.4) is 0 Å². The number of halogens is 3. The van der Waals surface area contributed by atoms with Gasteiger partial charge in [-0.2, -0.15) is 0 Å². The predicted molar refractivity (Wildman–Crippen MR) is 73.9 cm³/mol. The van der Waals surface area contributed by atoms with Crippen molar-refractivity contribution < 1.29 is 22.3 Å². The third-order valence-electron chi connectivity index (χ3n) is 2.85. The number of fused-ring (bicyclic) bond motifs is 1. The van der Waals surface area contributed by atoms with Gasteiger partial charge >= 0.3 is 5.76 Å². The summed E-state index contributed by atoms with van der Waals surface area (Å²) >= 11 is 0. The van der Waals surface area contributed by atoms with Gasteiger partial charge in [-0.3, -0.25) is 4.98 Å². The molecule has 0 unspecified atom stereocenters. The number of nitrogens with zero attached hydrogens (tertiary/aromatic N) is 2. The summed E-state index contributed by atoms with van der Waals surface area (Å²) in [6.07, 6.45) is 1.23. The summed E-state index contributed by atoms with van der Waals surface area (Å²) in [5.74, 6) is -5.16. The Balaban J connectivity index is 1.90. The van der Waals surface area contributed by atoms with E-state index in [1.807, 2.05) is 0 Å². The molecule has 6 nitrogen and oxygen atoms in total. The standard InChI is InChI=1S/C14H10F3N3O3/c1-14(16,17)6-22-12-8(15)4-7(5-18-12)9-2-3-10-11(19-9)20-13(21)23-10/h2-5H,6H2,1H3,(H,19,20,21). The van der Waals surface area contributed by atoms with Gasteiger partial charge in [-0.1, -0.05) is 0 Å². The number of ether oxygens (including phenoxy) is 1. The Labute approximate surface area is 126 Å². The minimum Gasteiger partial charge on any atom is -0.469 e. The van der Waals surface area contributed by atoms with Crippen LogP contribution in [0.1, 0.15) is 6.92 Å². The summed E-state index contributed by atoms with van der Waals surface area (Å²) in [5.41, 5.74) is 1.09. The zero-order chi connectivity index (χ0) is 16.6. The van der Waals surface area contributed by atoms with E-state index in [-0.39, 0.29) is 11.2 Å². The number of hydrogen-bond donors (Lipinski definition) is 1. The van der Waals surface area contributed by atoms with Gasteiger partial charge in [0.15, 0.2) is 23.7 Å². The largest absolute Gasteiger partial charge is 0.469 e. The number of rotatable bonds is 4. The summed E-state index contributed by atoms with van der Waals surface area (Å²) in [6.45, 7) is -0.319. The molecule has 120 valence electrons. The van der Waals surface area contributed by atoms with Crippen LogP contribution in [0.2, 0.25) is 0 Å². The maximum absolute atomic E-state index is 13.9. The number of aromatic amines is 1. The molecule has 3 aromatic rings. The zero-order valence-corrected chi connectivity index (χ0v) is 11.8. The molecule has 0 saturated heterocycles. The number of nitrogens with one attached hydrogen (secondary N) is 1. The van der Waals surface area contributed by atoms with Crippen molar-refractivity contribution in [3.63, 3.8) is 0 Å². The fourth-order valence-corrected chi connectivity index (χ4v) is 1.87. The molecule has 3 heterocycles. The molecule has 0 radical (unpaired) electrons. The van der Waals surface area contributed by atoms with Gasteiger partial charge in [-0.25, -0.2) is 27.9 Å². The van der Waals surface area contributed by atoms with Gasteiger partial charge in [0, 0.05) is 18.7 Å². The van der Waals surface area contributed by atoms with Crippen molar-refractivity contribution >= 4 is 11.2 Å². The number of alkyl halides is 2. The van der Waals surface area contributed by atoms with Gasteiger partial charge in [-0.05, 0) is 18.2 Å². The summed E-state index contributed by atoms with van der Waals surface area (Å²) in [5, 5.41) is 0. The number of hydrogen-bond acceptors (Lipinski definition) is 5. The second kappa shape index (κ2) is 5.41. The Morgan fingerprint density at radius 2 is 2.17 bits per heavy atom. The summed E-state index contributed by atoms with van der Waals surface area (Å²) in [4.78, 5) is 21.2. The lowest BCUT2D eigenvalue weighted by Crippen LogP contribution is -2.21. The van der Waals surface area contributed by atoms with E-state index in [9.17, 15) is 18.0 Å². The van der Waals surface area contributed by atoms with Crippen LogP contribution in [-0.2, 0) is 0 Å². The zero-order valence-electron chi connectivity index (χ0n) is 11.8. The molecule has 0 bridgehead atoms. The first kappa shape index (κ1) is 15.1. The van der Waals surface area contributed by atoms with Gasteiger partial charge in [-0.15, -0.1) is 0 Å². The van der Waals surface area contributed by atoms with Crippen molar-refractivity contribution in [3.8, 4) is 17.1 Å². The maximum Gasteiger partial charge on any atom is 0.418 e. The van der Waals surface area contributed by atoms with Crippen LogP contribution in [0.25, 0.3) is 22.5 Å². The maximum atomic E-state index is 13.9. The average molecular weight is 325 g/mol. The van der Waals surface area contributed by atoms with Gasteiger partial charge in [0.25, 0.3) is 11.8 Å². The van der Waals surface area contributed by atoms with Crippen LogP contribution in [0.15, 0.2) is 33.6 Å². The molecule has 3 rings (SSSR count). The highest BCUT2D eigenvalue weighted by molar-refractivity contribution is 5.72. The van der Waals surface area contributed by atoms with Crippen LogP contribution in [0.4, 0.5) is 13.2 Å². The van der Waals surface area contributed by atoms with Crippen LogP contribution >= 0.6 is 0 Å². The lowest BCUT2D eigenvalue weighted by atomic mass is 10.2. The topological polar surface area (TPSA) is 81.0 Å². The van der Waals surface area contributed by atoms with Crippen LogP contribution < -0.4 is 10.5 Å². The molecule has 0 atom stereocenters. The Bertz CT molecular complexity index is 915. The van der Waals surface area contributed by atoms with Crippen molar-refractivity contribution in [2.24, 2.45) is 0 Å². The minimum atomic E-state index is -3.09. The monoisotopic (exact) mass is 325 g/mol. The van der Waals surface area contributed by atoms with E-state index in [1.165, 1.54) is 18.3 Å². The van der Waals surface area contributed by atoms with Crippen LogP contribution in [0.5, 0.6) is 5.88 Å². The molecule has 0 fully saturated rings. The molecule has 9 heteroatoms. The molecule has 0 spiro atoms. The van der Waals surface area contributed by atoms with Crippen molar-refractivity contribution in [1.82, 2.24) is 15.0 Å². The normalized spacial score (nSPS) is 11.8. The smallest absolute Gasteiger partial charge is 0.418 e. The molecule has 1 N–H and O–H groups in total. The number of pyridine rings is 2. The van der Waals surface area contributed by atoms with Crippen molar-refractivity contribution in [2.75, 3.05) is 6.61 Å². The molecular formula is C14H10F3N3O3. The van der Waals surface area contributed by atoms with Crippen molar-refractivity contribution in [3.05, 3.63) is 40.8 Å². The Kier molecular flexibility index (Phi) is 3.55. The molecule has 0 aliphatic rings. The molecule has 3 aromatic heterocycles. The van der Waals surface area contributed by atoms with E-state index in [1.54, 1.807) is 0 Å². The molecule has 0 amide bonds. The Morgan fingerprint density at radius 3 is 2.87 bits per heavy atom. The predicted octanol–water partition coefficient (Wildman–Crippen LogP) is 2.75. The SMILES string of the molecule is CC(F)(F)COc1ncc(-c2ccc3oc(=O)[nH]c3n2)cc1F. The van der Waals surface area contributed by atoms with Gasteiger partial charge in [0.1, 0.15) is 0 Å². The minimum absolute atomic E-state index is 0.207.